The van der Waals surface area contributed by atoms with Crippen molar-refractivity contribution < 1.29 is 0 Å². The summed E-state index contributed by atoms with van der Waals surface area (Å²) in [6.07, 6.45) is 7.97. The Morgan fingerprint density at radius 2 is 2.00 bits per heavy atom. The molecule has 3 heterocycles. The molecule has 0 bridgehead atoms. The number of hydrogen-bond donors (Lipinski definition) is 0. The van der Waals surface area contributed by atoms with Crippen LogP contribution in [0.2, 0.25) is 0 Å². The van der Waals surface area contributed by atoms with Gasteiger partial charge in [-0.3, -0.25) is 4.79 Å². The zero-order valence-electron chi connectivity index (χ0n) is 12.5. The molecule has 1 saturated carbocycles. The Morgan fingerprint density at radius 1 is 1.24 bits per heavy atom. The molecule has 2 aliphatic rings. The third kappa shape index (κ3) is 2.22. The molecular weight excluding hydrogens is 266 g/mol. The lowest BCUT2D eigenvalue weighted by molar-refractivity contribution is 0.546. The lowest BCUT2D eigenvalue weighted by Gasteiger charge is -2.28. The first-order valence-electron chi connectivity index (χ1n) is 7.91. The Bertz CT molecular complexity index is 721. The van der Waals surface area contributed by atoms with E-state index in [0.29, 0.717) is 5.92 Å². The van der Waals surface area contributed by atoms with Gasteiger partial charge in [0.15, 0.2) is 0 Å². The lowest BCUT2D eigenvalue weighted by Crippen LogP contribution is -2.32. The largest absolute Gasteiger partial charge is 0.342 e. The molecule has 6 heteroatoms. The van der Waals surface area contributed by atoms with E-state index in [1.807, 2.05) is 0 Å². The Kier molecular flexibility index (Phi) is 2.97. The van der Waals surface area contributed by atoms with Crippen molar-refractivity contribution in [2.45, 2.75) is 38.6 Å². The molecule has 6 nitrogen and oxygen atoms in total. The van der Waals surface area contributed by atoms with E-state index in [0.717, 1.165) is 36.6 Å². The summed E-state index contributed by atoms with van der Waals surface area (Å²) in [4.78, 5) is 19.5. The van der Waals surface area contributed by atoms with Crippen LogP contribution in [0.1, 0.15) is 32.1 Å². The fourth-order valence-corrected chi connectivity index (χ4v) is 3.19. The van der Waals surface area contributed by atoms with Gasteiger partial charge in [0.2, 0.25) is 5.95 Å². The highest BCUT2D eigenvalue weighted by Crippen LogP contribution is 2.34. The first-order valence-corrected chi connectivity index (χ1v) is 7.91. The van der Waals surface area contributed by atoms with Crippen LogP contribution in [0.3, 0.4) is 0 Å². The van der Waals surface area contributed by atoms with Crippen LogP contribution < -0.4 is 10.5 Å². The smallest absolute Gasteiger partial charge is 0.292 e. The normalized spacial score (nSPS) is 19.4. The molecular formula is C15H21N5O. The van der Waals surface area contributed by atoms with E-state index in [4.69, 9.17) is 4.98 Å². The Hall–Kier alpha value is -1.85. The van der Waals surface area contributed by atoms with Crippen LogP contribution in [0, 0.1) is 5.92 Å². The van der Waals surface area contributed by atoms with Gasteiger partial charge in [-0.1, -0.05) is 0 Å². The maximum atomic E-state index is 12.5. The number of nitrogens with zero attached hydrogens (tertiary/aromatic N) is 5. The van der Waals surface area contributed by atoms with Gasteiger partial charge >= 0.3 is 0 Å². The Balaban J connectivity index is 1.87. The molecule has 1 aliphatic carbocycles. The fraction of sp³-hybridized carbons (Fsp3) is 0.667. The zero-order valence-corrected chi connectivity index (χ0v) is 12.5. The van der Waals surface area contributed by atoms with Crippen LogP contribution in [0.15, 0.2) is 11.0 Å². The average Bonchev–Trinajstić information content (AvgIpc) is 3.24. The molecule has 112 valence electrons. The van der Waals surface area contributed by atoms with E-state index in [1.54, 1.807) is 13.2 Å². The van der Waals surface area contributed by atoms with Crippen molar-refractivity contribution in [3.05, 3.63) is 16.6 Å². The van der Waals surface area contributed by atoms with Gasteiger partial charge in [0.05, 0.1) is 6.20 Å². The van der Waals surface area contributed by atoms with Crippen molar-refractivity contribution in [1.29, 1.82) is 0 Å². The molecule has 4 rings (SSSR count). The zero-order chi connectivity index (χ0) is 14.4. The van der Waals surface area contributed by atoms with Crippen molar-refractivity contribution in [3.8, 4) is 0 Å². The SMILES string of the molecule is Cn1ncc2nc(N3CCCCC3)n(CC3CC3)c2c1=O. The third-order valence-electron chi connectivity index (χ3n) is 4.60. The predicted octanol–water partition coefficient (Wildman–Crippen LogP) is 1.53. The third-order valence-corrected chi connectivity index (χ3v) is 4.60. The number of fused-ring (bicyclic) bond motifs is 1. The number of aryl methyl sites for hydroxylation is 1. The van der Waals surface area contributed by atoms with Crippen LogP contribution in [0.5, 0.6) is 0 Å². The van der Waals surface area contributed by atoms with Gasteiger partial charge in [-0.2, -0.15) is 5.10 Å². The topological polar surface area (TPSA) is 56.0 Å². The maximum Gasteiger partial charge on any atom is 0.292 e. The monoisotopic (exact) mass is 287 g/mol. The Labute approximate surface area is 123 Å². The number of hydrogen-bond acceptors (Lipinski definition) is 4. The molecule has 0 atom stereocenters. The van der Waals surface area contributed by atoms with Crippen molar-refractivity contribution in [2.24, 2.45) is 13.0 Å². The summed E-state index contributed by atoms with van der Waals surface area (Å²) in [6.45, 7) is 3.01. The molecule has 1 saturated heterocycles. The van der Waals surface area contributed by atoms with Gasteiger partial charge in [0, 0.05) is 26.7 Å². The molecule has 0 unspecified atom stereocenters. The number of rotatable bonds is 3. The highest BCUT2D eigenvalue weighted by molar-refractivity contribution is 5.77. The lowest BCUT2D eigenvalue weighted by atomic mass is 10.1. The van der Waals surface area contributed by atoms with E-state index < -0.39 is 0 Å². The molecule has 1 aliphatic heterocycles. The molecule has 21 heavy (non-hydrogen) atoms. The van der Waals surface area contributed by atoms with E-state index in [1.165, 1.54) is 36.8 Å². The van der Waals surface area contributed by atoms with Crippen LogP contribution in [-0.2, 0) is 13.6 Å². The van der Waals surface area contributed by atoms with Gasteiger partial charge in [-0.15, -0.1) is 0 Å². The van der Waals surface area contributed by atoms with Crippen LogP contribution >= 0.6 is 0 Å². The highest BCUT2D eigenvalue weighted by Gasteiger charge is 2.27. The van der Waals surface area contributed by atoms with Crippen molar-refractivity contribution in [2.75, 3.05) is 18.0 Å². The second-order valence-electron chi connectivity index (χ2n) is 6.32. The number of imidazole rings is 1. The van der Waals surface area contributed by atoms with E-state index in [2.05, 4.69) is 14.6 Å². The van der Waals surface area contributed by atoms with E-state index in [-0.39, 0.29) is 5.56 Å². The second kappa shape index (κ2) is 4.86. The molecule has 2 fully saturated rings. The first kappa shape index (κ1) is 12.9. The fourth-order valence-electron chi connectivity index (χ4n) is 3.19. The highest BCUT2D eigenvalue weighted by atomic mass is 16.1. The number of aromatic nitrogens is 4. The van der Waals surface area contributed by atoms with Gasteiger partial charge in [-0.25, -0.2) is 9.67 Å². The first-order chi connectivity index (χ1) is 10.2. The van der Waals surface area contributed by atoms with Crippen molar-refractivity contribution in [3.63, 3.8) is 0 Å². The molecule has 2 aromatic rings. The number of anilines is 1. The summed E-state index contributed by atoms with van der Waals surface area (Å²) >= 11 is 0. The second-order valence-corrected chi connectivity index (χ2v) is 6.32. The maximum absolute atomic E-state index is 12.5. The van der Waals surface area contributed by atoms with Gasteiger partial charge in [-0.05, 0) is 38.0 Å². The summed E-state index contributed by atoms with van der Waals surface area (Å²) in [5, 5.41) is 4.11. The number of piperidine rings is 1. The van der Waals surface area contributed by atoms with Gasteiger partial charge < -0.3 is 9.47 Å². The summed E-state index contributed by atoms with van der Waals surface area (Å²) < 4.78 is 3.57. The molecule has 0 spiro atoms. The average molecular weight is 287 g/mol. The van der Waals surface area contributed by atoms with Crippen LogP contribution in [0.4, 0.5) is 5.95 Å². The Morgan fingerprint density at radius 3 is 2.71 bits per heavy atom. The standard InChI is InChI=1S/C15H21N5O/c1-18-14(21)13-12(9-16-18)17-15(19-7-3-2-4-8-19)20(13)10-11-5-6-11/h9,11H,2-8,10H2,1H3. The minimum absolute atomic E-state index is 0.0380. The summed E-state index contributed by atoms with van der Waals surface area (Å²) in [7, 11) is 1.71. The van der Waals surface area contributed by atoms with E-state index in [9.17, 15) is 4.79 Å². The van der Waals surface area contributed by atoms with Crippen LogP contribution in [-0.4, -0.2) is 32.4 Å². The van der Waals surface area contributed by atoms with Crippen LogP contribution in [0.25, 0.3) is 11.0 Å². The summed E-state index contributed by atoms with van der Waals surface area (Å²) in [5.41, 5.74) is 1.42. The van der Waals surface area contributed by atoms with Crippen molar-refractivity contribution >= 4 is 17.0 Å². The minimum Gasteiger partial charge on any atom is -0.342 e. The molecule has 0 aromatic carbocycles. The molecule has 2 aromatic heterocycles. The summed E-state index contributed by atoms with van der Waals surface area (Å²) in [6, 6.07) is 0. The minimum atomic E-state index is -0.0380. The van der Waals surface area contributed by atoms with Gasteiger partial charge in [0.1, 0.15) is 11.0 Å². The van der Waals surface area contributed by atoms with Crippen molar-refractivity contribution in [1.82, 2.24) is 19.3 Å². The quantitative estimate of drug-likeness (QED) is 0.859. The molecule has 0 N–H and O–H groups in total. The predicted molar refractivity (Wildman–Crippen MR) is 81.6 cm³/mol. The molecule has 0 radical (unpaired) electrons. The van der Waals surface area contributed by atoms with Gasteiger partial charge in [0.25, 0.3) is 5.56 Å². The molecule has 0 amide bonds. The summed E-state index contributed by atoms with van der Waals surface area (Å²) in [5.74, 6) is 1.69. The van der Waals surface area contributed by atoms with E-state index >= 15 is 0 Å².